The lowest BCUT2D eigenvalue weighted by molar-refractivity contribution is -0.148. The van der Waals surface area contributed by atoms with Crippen LogP contribution in [0.15, 0.2) is 54.6 Å². The average Bonchev–Trinajstić information content (AvgIpc) is 2.72. The Balaban J connectivity index is 1.79. The van der Waals surface area contributed by atoms with E-state index < -0.39 is 36.4 Å². The van der Waals surface area contributed by atoms with E-state index in [0.717, 1.165) is 0 Å². The molecule has 0 bridgehead atoms. The zero-order chi connectivity index (χ0) is 20.5. The second-order valence-corrected chi connectivity index (χ2v) is 5.79. The van der Waals surface area contributed by atoms with E-state index in [2.05, 4.69) is 15.4 Å². The van der Waals surface area contributed by atoms with Crippen LogP contribution in [0.5, 0.6) is 0 Å². The number of nitrogens with one attached hydrogen (secondary N) is 2. The number of rotatable bonds is 7. The van der Waals surface area contributed by atoms with E-state index in [1.165, 1.54) is 38.3 Å². The van der Waals surface area contributed by atoms with Gasteiger partial charge in [0.15, 0.2) is 6.61 Å². The molecule has 0 unspecified atom stereocenters. The molecule has 0 saturated heterocycles. The van der Waals surface area contributed by atoms with Crippen molar-refractivity contribution in [2.75, 3.05) is 19.0 Å². The molecule has 0 radical (unpaired) electrons. The highest BCUT2D eigenvalue weighted by Gasteiger charge is 2.19. The Labute approximate surface area is 161 Å². The quantitative estimate of drug-likeness (QED) is 0.704. The van der Waals surface area contributed by atoms with Gasteiger partial charge in [0.2, 0.25) is 0 Å². The Hall–Kier alpha value is -3.68. The molecule has 2 N–H and O–H groups in total. The first kappa shape index (κ1) is 20.6. The lowest BCUT2D eigenvalue weighted by atomic mass is 10.2. The normalized spacial score (nSPS) is 11.1. The minimum absolute atomic E-state index is 0.343. The Kier molecular flexibility index (Phi) is 7.27. The van der Waals surface area contributed by atoms with Crippen LogP contribution in [0.25, 0.3) is 0 Å². The molecule has 146 valence electrons. The molecule has 8 heteroatoms. The molecule has 0 heterocycles. The fourth-order valence-corrected chi connectivity index (χ4v) is 2.19. The highest BCUT2D eigenvalue weighted by Crippen LogP contribution is 2.10. The molecule has 0 aromatic heterocycles. The van der Waals surface area contributed by atoms with Gasteiger partial charge in [0, 0.05) is 11.3 Å². The van der Waals surface area contributed by atoms with Gasteiger partial charge < -0.3 is 20.1 Å². The molecular formula is C20H20N2O6. The molecule has 2 aromatic carbocycles. The number of hydrogen-bond donors (Lipinski definition) is 2. The predicted molar refractivity (Wildman–Crippen MR) is 101 cm³/mol. The first-order chi connectivity index (χ1) is 13.4. The van der Waals surface area contributed by atoms with Crippen molar-refractivity contribution in [2.24, 2.45) is 0 Å². The topological polar surface area (TPSA) is 111 Å². The van der Waals surface area contributed by atoms with Crippen molar-refractivity contribution >= 4 is 29.4 Å². The minimum atomic E-state index is -0.917. The van der Waals surface area contributed by atoms with Gasteiger partial charge in [-0.1, -0.05) is 18.2 Å². The van der Waals surface area contributed by atoms with Gasteiger partial charge in [-0.2, -0.15) is 0 Å². The van der Waals surface area contributed by atoms with Crippen molar-refractivity contribution in [3.8, 4) is 0 Å². The van der Waals surface area contributed by atoms with Crippen molar-refractivity contribution in [1.82, 2.24) is 5.32 Å². The molecule has 0 aliphatic carbocycles. The van der Waals surface area contributed by atoms with Gasteiger partial charge in [-0.3, -0.25) is 9.59 Å². The predicted octanol–water partition coefficient (Wildman–Crippen LogP) is 1.77. The van der Waals surface area contributed by atoms with Crippen molar-refractivity contribution in [3.63, 3.8) is 0 Å². The number of esters is 2. The van der Waals surface area contributed by atoms with Gasteiger partial charge in [-0.25, -0.2) is 9.59 Å². The SMILES string of the molecule is COC(=O)c1ccc(NC(=O)COC(=O)[C@H](C)NC(=O)c2ccccc2)cc1. The highest BCUT2D eigenvalue weighted by atomic mass is 16.5. The molecule has 0 aliphatic heterocycles. The molecule has 0 aliphatic rings. The maximum atomic E-state index is 12.0. The van der Waals surface area contributed by atoms with Gasteiger partial charge in [-0.05, 0) is 43.3 Å². The fourth-order valence-electron chi connectivity index (χ4n) is 2.19. The van der Waals surface area contributed by atoms with Crippen LogP contribution < -0.4 is 10.6 Å². The van der Waals surface area contributed by atoms with Crippen LogP contribution >= 0.6 is 0 Å². The van der Waals surface area contributed by atoms with Crippen LogP contribution in [0, 0.1) is 0 Å². The van der Waals surface area contributed by atoms with E-state index in [1.54, 1.807) is 30.3 Å². The summed E-state index contributed by atoms with van der Waals surface area (Å²) in [5, 5.41) is 5.03. The van der Waals surface area contributed by atoms with E-state index >= 15 is 0 Å². The maximum absolute atomic E-state index is 12.0. The van der Waals surface area contributed by atoms with Crippen LogP contribution in [0.1, 0.15) is 27.6 Å². The van der Waals surface area contributed by atoms with Gasteiger partial charge in [-0.15, -0.1) is 0 Å². The minimum Gasteiger partial charge on any atom is -0.465 e. The summed E-state index contributed by atoms with van der Waals surface area (Å²) >= 11 is 0. The summed E-state index contributed by atoms with van der Waals surface area (Å²) in [6, 6.07) is 13.5. The van der Waals surface area contributed by atoms with E-state index in [-0.39, 0.29) is 0 Å². The van der Waals surface area contributed by atoms with Crippen LogP contribution in [-0.2, 0) is 19.1 Å². The number of benzene rings is 2. The van der Waals surface area contributed by atoms with Crippen LogP contribution in [0.4, 0.5) is 5.69 Å². The molecule has 1 atom stereocenters. The third-order valence-electron chi connectivity index (χ3n) is 3.67. The number of carbonyl (C=O) groups excluding carboxylic acids is 4. The Morgan fingerprint density at radius 2 is 1.57 bits per heavy atom. The third kappa shape index (κ3) is 5.94. The van der Waals surface area contributed by atoms with Crippen LogP contribution in [0.3, 0.4) is 0 Å². The Morgan fingerprint density at radius 3 is 2.18 bits per heavy atom. The summed E-state index contributed by atoms with van der Waals surface area (Å²) < 4.78 is 9.50. The smallest absolute Gasteiger partial charge is 0.337 e. The summed E-state index contributed by atoms with van der Waals surface area (Å²) in [6.45, 7) is 0.954. The van der Waals surface area contributed by atoms with E-state index in [9.17, 15) is 19.2 Å². The van der Waals surface area contributed by atoms with Crippen molar-refractivity contribution in [2.45, 2.75) is 13.0 Å². The highest BCUT2D eigenvalue weighted by molar-refractivity contribution is 5.97. The fraction of sp³-hybridized carbons (Fsp3) is 0.200. The zero-order valence-electron chi connectivity index (χ0n) is 15.4. The third-order valence-corrected chi connectivity index (χ3v) is 3.67. The molecule has 0 saturated carbocycles. The van der Waals surface area contributed by atoms with Crippen molar-refractivity contribution in [3.05, 3.63) is 65.7 Å². The molecule has 2 amide bonds. The average molecular weight is 384 g/mol. The number of hydrogen-bond acceptors (Lipinski definition) is 6. The monoisotopic (exact) mass is 384 g/mol. The van der Waals surface area contributed by atoms with E-state index in [1.807, 2.05) is 0 Å². The summed E-state index contributed by atoms with van der Waals surface area (Å²) in [4.78, 5) is 47.2. The molecule has 8 nitrogen and oxygen atoms in total. The molecule has 0 fully saturated rings. The molecule has 0 spiro atoms. The van der Waals surface area contributed by atoms with Crippen LogP contribution in [0.2, 0.25) is 0 Å². The van der Waals surface area contributed by atoms with Crippen molar-refractivity contribution < 1.29 is 28.7 Å². The van der Waals surface area contributed by atoms with Gasteiger partial charge in [0.25, 0.3) is 11.8 Å². The second-order valence-electron chi connectivity index (χ2n) is 5.79. The molecular weight excluding hydrogens is 364 g/mol. The molecule has 2 rings (SSSR count). The number of methoxy groups -OCH3 is 1. The zero-order valence-corrected chi connectivity index (χ0v) is 15.4. The Bertz CT molecular complexity index is 849. The number of amides is 2. The first-order valence-corrected chi connectivity index (χ1v) is 8.41. The lowest BCUT2D eigenvalue weighted by Crippen LogP contribution is -2.40. The molecule has 2 aromatic rings. The lowest BCUT2D eigenvalue weighted by Gasteiger charge is -2.13. The van der Waals surface area contributed by atoms with E-state index in [0.29, 0.717) is 16.8 Å². The number of ether oxygens (including phenoxy) is 2. The summed E-state index contributed by atoms with van der Waals surface area (Å²) in [6.07, 6.45) is 0. The van der Waals surface area contributed by atoms with Gasteiger partial charge >= 0.3 is 11.9 Å². The molecule has 28 heavy (non-hydrogen) atoms. The summed E-state index contributed by atoms with van der Waals surface area (Å²) in [5.41, 5.74) is 1.18. The second kappa shape index (κ2) is 9.86. The number of anilines is 1. The number of carbonyl (C=O) groups is 4. The summed E-state index contributed by atoms with van der Waals surface area (Å²) in [5.74, 6) is -2.19. The first-order valence-electron chi connectivity index (χ1n) is 8.41. The maximum Gasteiger partial charge on any atom is 0.337 e. The largest absolute Gasteiger partial charge is 0.465 e. The van der Waals surface area contributed by atoms with E-state index in [4.69, 9.17) is 4.74 Å². The Morgan fingerprint density at radius 1 is 0.929 bits per heavy atom. The summed E-state index contributed by atoms with van der Waals surface area (Å²) in [7, 11) is 1.27. The van der Waals surface area contributed by atoms with Crippen molar-refractivity contribution in [1.29, 1.82) is 0 Å². The van der Waals surface area contributed by atoms with Crippen LogP contribution in [-0.4, -0.2) is 43.5 Å². The van der Waals surface area contributed by atoms with Gasteiger partial charge in [0.05, 0.1) is 12.7 Å². The standard InChI is InChI=1S/C20H20N2O6/c1-13(21-18(24)14-6-4-3-5-7-14)19(25)28-12-17(23)22-16-10-8-15(9-11-16)20(26)27-2/h3-11,13H,12H2,1-2H3,(H,21,24)(H,22,23)/t13-/m0/s1. The van der Waals surface area contributed by atoms with Gasteiger partial charge in [0.1, 0.15) is 6.04 Å².